The van der Waals surface area contributed by atoms with Gasteiger partial charge in [-0.25, -0.2) is 31.7 Å². The Morgan fingerprint density at radius 2 is 1.88 bits per heavy atom. The van der Waals surface area contributed by atoms with Gasteiger partial charge in [-0.2, -0.15) is 0 Å². The van der Waals surface area contributed by atoms with Crippen molar-refractivity contribution in [3.8, 4) is 16.9 Å². The van der Waals surface area contributed by atoms with Crippen LogP contribution in [0.2, 0.25) is 5.02 Å². The predicted molar refractivity (Wildman–Crippen MR) is 145 cm³/mol. The molecule has 2 aromatic heterocycles. The normalized spacial score (nSPS) is 13.2. The van der Waals surface area contributed by atoms with Gasteiger partial charge < -0.3 is 4.74 Å². The zero-order valence-corrected chi connectivity index (χ0v) is 22.6. The van der Waals surface area contributed by atoms with E-state index in [9.17, 15) is 26.8 Å². The lowest BCUT2D eigenvalue weighted by atomic mass is 10.00. The van der Waals surface area contributed by atoms with E-state index in [4.69, 9.17) is 16.3 Å². The van der Waals surface area contributed by atoms with Crippen molar-refractivity contribution in [2.45, 2.75) is 19.1 Å². The molecule has 0 atom stereocenters. The molecule has 0 saturated heterocycles. The molecule has 0 saturated carbocycles. The molecule has 3 heterocycles. The van der Waals surface area contributed by atoms with Gasteiger partial charge in [0.25, 0.3) is 12.3 Å². The Morgan fingerprint density at radius 3 is 2.52 bits per heavy atom. The summed E-state index contributed by atoms with van der Waals surface area (Å²) in [5.74, 6) is 0.393. The highest BCUT2D eigenvalue weighted by Crippen LogP contribution is 2.37. The van der Waals surface area contributed by atoms with Crippen LogP contribution in [0, 0.1) is 0 Å². The summed E-state index contributed by atoms with van der Waals surface area (Å²) >= 11 is 5.85. The number of aromatic nitrogens is 2. The Balaban J connectivity index is 1.81. The highest BCUT2D eigenvalue weighted by atomic mass is 35.5. The molecule has 206 valence electrons. The van der Waals surface area contributed by atoms with Gasteiger partial charge in [0.15, 0.2) is 5.94 Å². The van der Waals surface area contributed by atoms with Crippen molar-refractivity contribution in [3.63, 3.8) is 0 Å². The Hall–Kier alpha value is -4.38. The molecule has 1 aliphatic rings. The average Bonchev–Trinajstić information content (AvgIpc) is 2.93. The molecule has 0 spiro atoms. The third-order valence-electron chi connectivity index (χ3n) is 5.74. The summed E-state index contributed by atoms with van der Waals surface area (Å²) in [6.45, 7) is 1.77. The van der Waals surface area contributed by atoms with Crippen molar-refractivity contribution in [1.29, 1.82) is 0 Å². The average molecular weight is 587 g/mol. The Labute approximate surface area is 233 Å². The number of anilines is 1. The van der Waals surface area contributed by atoms with Crippen molar-refractivity contribution < 1.29 is 31.5 Å². The van der Waals surface area contributed by atoms with Crippen molar-refractivity contribution in [2.75, 3.05) is 12.0 Å². The number of ether oxygens (including phenoxy) is 1. The van der Waals surface area contributed by atoms with Crippen LogP contribution in [0.5, 0.6) is 5.75 Å². The summed E-state index contributed by atoms with van der Waals surface area (Å²) in [5.41, 5.74) is 0.448. The van der Waals surface area contributed by atoms with Crippen LogP contribution in [0.3, 0.4) is 0 Å². The molecule has 1 aliphatic heterocycles. The molecular formula is C27H21ClF2N4O5S. The molecule has 40 heavy (non-hydrogen) atoms. The number of rotatable bonds is 8. The van der Waals surface area contributed by atoms with Gasteiger partial charge in [0.1, 0.15) is 23.0 Å². The first-order chi connectivity index (χ1) is 19.0. The predicted octanol–water partition coefficient (Wildman–Crippen LogP) is 5.00. The molecule has 3 aromatic rings. The van der Waals surface area contributed by atoms with Gasteiger partial charge >= 0.3 is 0 Å². The number of amides is 1. The van der Waals surface area contributed by atoms with Crippen LogP contribution in [-0.2, 0) is 20.6 Å². The highest BCUT2D eigenvalue weighted by molar-refractivity contribution is 7.89. The largest absolute Gasteiger partial charge is 0.494 e. The van der Waals surface area contributed by atoms with Crippen LogP contribution in [0.1, 0.15) is 35.0 Å². The number of sulfonamides is 1. The third kappa shape index (κ3) is 6.42. The van der Waals surface area contributed by atoms with E-state index in [2.05, 4.69) is 9.97 Å². The summed E-state index contributed by atoms with van der Waals surface area (Å²) in [4.78, 5) is 34.2. The lowest BCUT2D eigenvalue weighted by Gasteiger charge is -2.23. The van der Waals surface area contributed by atoms with E-state index in [1.54, 1.807) is 25.3 Å². The number of methoxy groups -OCH3 is 1. The Kier molecular flexibility index (Phi) is 8.43. The van der Waals surface area contributed by atoms with Crippen molar-refractivity contribution >= 4 is 39.3 Å². The number of hydrogen-bond donors (Lipinski definition) is 1. The molecule has 4 rings (SSSR count). The number of hydrogen-bond acceptors (Lipinski definition) is 8. The molecule has 0 bridgehead atoms. The van der Waals surface area contributed by atoms with E-state index in [0.717, 1.165) is 24.0 Å². The number of alkyl halides is 2. The number of nitrogens with zero attached hydrogens (tertiary/aromatic N) is 3. The van der Waals surface area contributed by atoms with E-state index in [0.29, 0.717) is 10.6 Å². The zero-order chi connectivity index (χ0) is 29.0. The molecule has 0 aliphatic carbocycles. The maximum absolute atomic E-state index is 13.6. The topological polar surface area (TPSA) is 119 Å². The van der Waals surface area contributed by atoms with Crippen LogP contribution in [-0.4, -0.2) is 37.3 Å². The standard InChI is InChI=1S/C27H21ClF2N4O5S/c1-16-7-8-34(19(9-16)14-35)25-11-20(21-10-23(26(29)30)31-13-24(21)39-2)22(12-32-25)27(36)33-40(37,38)15-17-3-5-18(28)6-4-17/h3-13,26H,15H2,1-2H3,(H,33,36). The molecule has 1 N–H and O–H groups in total. The second-order valence-electron chi connectivity index (χ2n) is 8.58. The minimum Gasteiger partial charge on any atom is -0.494 e. The van der Waals surface area contributed by atoms with Gasteiger partial charge in [0.05, 0.1) is 24.6 Å². The number of halogens is 3. The summed E-state index contributed by atoms with van der Waals surface area (Å²) in [5, 5.41) is 0.414. The fraction of sp³-hybridized carbons (Fsp3) is 0.148. The number of nitrogens with one attached hydrogen (secondary N) is 1. The van der Waals surface area contributed by atoms with Gasteiger partial charge in [-0.15, -0.1) is 0 Å². The van der Waals surface area contributed by atoms with Gasteiger partial charge in [0, 0.05) is 28.5 Å². The number of benzene rings is 1. The fourth-order valence-corrected chi connectivity index (χ4v) is 5.07. The first-order valence-corrected chi connectivity index (χ1v) is 13.6. The maximum Gasteiger partial charge on any atom is 0.280 e. The quantitative estimate of drug-likeness (QED) is 0.366. The number of carbonyl (C=O) groups is 1. The summed E-state index contributed by atoms with van der Waals surface area (Å²) in [7, 11) is -2.91. The smallest absolute Gasteiger partial charge is 0.280 e. The molecular weight excluding hydrogens is 566 g/mol. The minimum atomic E-state index is -4.20. The molecule has 1 amide bonds. The summed E-state index contributed by atoms with van der Waals surface area (Å²) in [6, 6.07) is 8.42. The Morgan fingerprint density at radius 1 is 1.15 bits per heavy atom. The van der Waals surface area contributed by atoms with E-state index in [1.807, 2.05) is 10.7 Å². The Bertz CT molecular complexity index is 1690. The van der Waals surface area contributed by atoms with E-state index < -0.39 is 33.8 Å². The van der Waals surface area contributed by atoms with Crippen LogP contribution < -0.4 is 14.4 Å². The van der Waals surface area contributed by atoms with E-state index in [1.165, 1.54) is 42.3 Å². The summed E-state index contributed by atoms with van der Waals surface area (Å²) in [6.07, 6.45) is 4.02. The van der Waals surface area contributed by atoms with Crippen LogP contribution in [0.25, 0.3) is 11.1 Å². The van der Waals surface area contributed by atoms with Crippen LogP contribution in [0.4, 0.5) is 14.6 Å². The molecule has 0 radical (unpaired) electrons. The summed E-state index contributed by atoms with van der Waals surface area (Å²) < 4.78 is 60.1. The highest BCUT2D eigenvalue weighted by Gasteiger charge is 2.25. The maximum atomic E-state index is 13.6. The van der Waals surface area contributed by atoms with Crippen LogP contribution >= 0.6 is 11.6 Å². The van der Waals surface area contributed by atoms with Crippen molar-refractivity contribution in [2.24, 2.45) is 0 Å². The number of carbonyl (C=O) groups excluding carboxylic acids is 2. The molecule has 13 heteroatoms. The van der Waals surface area contributed by atoms with Gasteiger partial charge in [-0.3, -0.25) is 14.7 Å². The first kappa shape index (κ1) is 28.6. The first-order valence-electron chi connectivity index (χ1n) is 11.5. The van der Waals surface area contributed by atoms with Crippen molar-refractivity contribution in [1.82, 2.24) is 14.7 Å². The number of pyridine rings is 2. The van der Waals surface area contributed by atoms with Gasteiger partial charge in [0.2, 0.25) is 10.0 Å². The van der Waals surface area contributed by atoms with E-state index in [-0.39, 0.29) is 34.0 Å². The fourth-order valence-electron chi connectivity index (χ4n) is 3.85. The number of allylic oxidation sites excluding steroid dienone is 3. The second kappa shape index (κ2) is 11.8. The van der Waals surface area contributed by atoms with Crippen molar-refractivity contribution in [3.05, 3.63) is 100 Å². The van der Waals surface area contributed by atoms with Crippen LogP contribution in [0.15, 0.2) is 78.4 Å². The molecule has 1 aromatic carbocycles. The van der Waals surface area contributed by atoms with Gasteiger partial charge in [-0.1, -0.05) is 23.7 Å². The zero-order valence-electron chi connectivity index (χ0n) is 21.1. The second-order valence-corrected chi connectivity index (χ2v) is 10.7. The van der Waals surface area contributed by atoms with Gasteiger partial charge in [-0.05, 0) is 54.5 Å². The minimum absolute atomic E-state index is 0.00951. The monoisotopic (exact) mass is 586 g/mol. The lowest BCUT2D eigenvalue weighted by Crippen LogP contribution is -2.32. The SMILES string of the molecule is COc1cnc(C(F)F)cc1-c1cc(N2C=CC(C)=CC2=C=O)ncc1C(=O)NS(=O)(=O)Cc1ccc(Cl)cc1. The molecule has 0 unspecified atom stereocenters. The molecule has 0 fully saturated rings. The molecule has 9 nitrogen and oxygen atoms in total. The third-order valence-corrected chi connectivity index (χ3v) is 7.20. The lowest BCUT2D eigenvalue weighted by molar-refractivity contribution is 0.0981. The van der Waals surface area contributed by atoms with E-state index >= 15 is 0 Å².